The zero-order chi connectivity index (χ0) is 11.2. The Morgan fingerprint density at radius 2 is 1.75 bits per heavy atom. The molecule has 1 nitrogen and oxygen atoms in total. The Morgan fingerprint density at radius 1 is 0.938 bits per heavy atom. The number of nitriles is 1. The summed E-state index contributed by atoms with van der Waals surface area (Å²) in [6.07, 6.45) is 15.8. The molecule has 16 heavy (non-hydrogen) atoms. The highest BCUT2D eigenvalue weighted by Gasteiger charge is 2.15. The lowest BCUT2D eigenvalue weighted by Crippen LogP contribution is -1.95. The molecule has 0 fully saturated rings. The molecular weight excluding hydrogens is 194 g/mol. The fourth-order valence-electron chi connectivity index (χ4n) is 2.76. The van der Waals surface area contributed by atoms with Crippen molar-refractivity contribution in [3.8, 4) is 6.07 Å². The Morgan fingerprint density at radius 3 is 2.62 bits per heavy atom. The van der Waals surface area contributed by atoms with Gasteiger partial charge >= 0.3 is 0 Å². The van der Waals surface area contributed by atoms with Crippen LogP contribution in [0.1, 0.15) is 57.8 Å². The molecule has 0 radical (unpaired) electrons. The molecule has 0 bridgehead atoms. The van der Waals surface area contributed by atoms with Gasteiger partial charge in [0, 0.05) is 5.92 Å². The van der Waals surface area contributed by atoms with Crippen LogP contribution in [0.15, 0.2) is 23.3 Å². The Hall–Kier alpha value is -1.03. The number of rotatable bonds is 1. The smallest absolute Gasteiger partial charge is 0.0656 e. The first-order valence-electron chi connectivity index (χ1n) is 6.68. The van der Waals surface area contributed by atoms with Crippen molar-refractivity contribution in [1.29, 1.82) is 5.26 Å². The van der Waals surface area contributed by atoms with Gasteiger partial charge in [0.05, 0.1) is 6.07 Å². The van der Waals surface area contributed by atoms with Gasteiger partial charge in [0.25, 0.3) is 0 Å². The number of hydrogen-bond acceptors (Lipinski definition) is 1. The highest BCUT2D eigenvalue weighted by atomic mass is 14.3. The molecule has 0 aromatic rings. The highest BCUT2D eigenvalue weighted by molar-refractivity contribution is 5.32. The molecule has 86 valence electrons. The second-order valence-corrected chi connectivity index (χ2v) is 5.00. The summed E-state index contributed by atoms with van der Waals surface area (Å²) in [4.78, 5) is 0. The average Bonchev–Trinajstić information content (AvgIpc) is 2.71. The molecule has 1 atom stereocenters. The van der Waals surface area contributed by atoms with Gasteiger partial charge in [-0.1, -0.05) is 18.6 Å². The molecule has 0 amide bonds. The molecule has 0 aliphatic heterocycles. The summed E-state index contributed by atoms with van der Waals surface area (Å²) in [5.74, 6) is 0.292. The molecule has 2 rings (SSSR count). The van der Waals surface area contributed by atoms with Gasteiger partial charge in [-0.05, 0) is 62.5 Å². The molecule has 0 N–H and O–H groups in total. The molecule has 2 aliphatic rings. The van der Waals surface area contributed by atoms with E-state index in [0.717, 1.165) is 25.7 Å². The molecular formula is C15H21N. The van der Waals surface area contributed by atoms with Crippen molar-refractivity contribution in [3.63, 3.8) is 0 Å². The van der Waals surface area contributed by atoms with Gasteiger partial charge in [-0.3, -0.25) is 0 Å². The monoisotopic (exact) mass is 215 g/mol. The van der Waals surface area contributed by atoms with Gasteiger partial charge in [0.2, 0.25) is 0 Å². The Balaban J connectivity index is 2.01. The highest BCUT2D eigenvalue weighted by Crippen LogP contribution is 2.31. The molecule has 0 aromatic carbocycles. The van der Waals surface area contributed by atoms with Gasteiger partial charge < -0.3 is 0 Å². The third kappa shape index (κ3) is 2.98. The first kappa shape index (κ1) is 11.5. The lowest BCUT2D eigenvalue weighted by molar-refractivity contribution is 0.578. The van der Waals surface area contributed by atoms with Crippen molar-refractivity contribution in [2.24, 2.45) is 5.92 Å². The van der Waals surface area contributed by atoms with Gasteiger partial charge in [-0.25, -0.2) is 0 Å². The van der Waals surface area contributed by atoms with Gasteiger partial charge in [0.15, 0.2) is 0 Å². The van der Waals surface area contributed by atoms with Crippen LogP contribution < -0.4 is 0 Å². The Labute approximate surface area is 98.9 Å². The summed E-state index contributed by atoms with van der Waals surface area (Å²) < 4.78 is 0. The van der Waals surface area contributed by atoms with Crippen molar-refractivity contribution in [3.05, 3.63) is 23.3 Å². The lowest BCUT2D eigenvalue weighted by atomic mass is 9.95. The molecule has 1 heteroatoms. The van der Waals surface area contributed by atoms with Crippen LogP contribution in [-0.4, -0.2) is 0 Å². The largest absolute Gasteiger partial charge is 0.198 e. The van der Waals surface area contributed by atoms with Crippen LogP contribution in [0.2, 0.25) is 0 Å². The topological polar surface area (TPSA) is 23.8 Å². The number of nitrogens with zero attached hydrogens (tertiary/aromatic N) is 1. The summed E-state index contributed by atoms with van der Waals surface area (Å²) in [7, 11) is 0. The van der Waals surface area contributed by atoms with E-state index in [1.54, 1.807) is 11.1 Å². The molecule has 1 unspecified atom stereocenters. The normalized spacial score (nSPS) is 27.1. The van der Waals surface area contributed by atoms with E-state index < -0.39 is 0 Å². The van der Waals surface area contributed by atoms with Crippen LogP contribution in [0.4, 0.5) is 0 Å². The predicted octanol–water partition coefficient (Wildman–Crippen LogP) is 4.52. The minimum atomic E-state index is 0.292. The third-order valence-corrected chi connectivity index (χ3v) is 3.80. The van der Waals surface area contributed by atoms with Crippen LogP contribution in [0.3, 0.4) is 0 Å². The Bertz CT molecular complexity index is 330. The van der Waals surface area contributed by atoms with E-state index in [4.69, 9.17) is 5.26 Å². The first-order valence-corrected chi connectivity index (χ1v) is 6.68. The number of hydrogen-bond donors (Lipinski definition) is 0. The quantitative estimate of drug-likeness (QED) is 0.631. The lowest BCUT2D eigenvalue weighted by Gasteiger charge is -2.09. The van der Waals surface area contributed by atoms with Crippen LogP contribution >= 0.6 is 0 Å². The van der Waals surface area contributed by atoms with Crippen molar-refractivity contribution < 1.29 is 0 Å². The van der Waals surface area contributed by atoms with Crippen molar-refractivity contribution in [1.82, 2.24) is 0 Å². The van der Waals surface area contributed by atoms with Crippen LogP contribution in [0.25, 0.3) is 0 Å². The number of allylic oxidation sites excluding steroid dienone is 4. The Kier molecular flexibility index (Phi) is 4.22. The summed E-state index contributed by atoms with van der Waals surface area (Å²) in [5.41, 5.74) is 3.15. The summed E-state index contributed by atoms with van der Waals surface area (Å²) in [5, 5.41) is 8.97. The molecule has 2 aliphatic carbocycles. The van der Waals surface area contributed by atoms with Crippen LogP contribution in [-0.2, 0) is 0 Å². The fraction of sp³-hybridized carbons (Fsp3) is 0.667. The van der Waals surface area contributed by atoms with E-state index in [1.807, 2.05) is 0 Å². The summed E-state index contributed by atoms with van der Waals surface area (Å²) in [6.45, 7) is 0. The zero-order valence-corrected chi connectivity index (χ0v) is 10.0. The van der Waals surface area contributed by atoms with Gasteiger partial charge in [0.1, 0.15) is 0 Å². The van der Waals surface area contributed by atoms with Crippen LogP contribution in [0.5, 0.6) is 0 Å². The predicted molar refractivity (Wildman–Crippen MR) is 66.8 cm³/mol. The zero-order valence-electron chi connectivity index (χ0n) is 10.0. The minimum Gasteiger partial charge on any atom is -0.198 e. The summed E-state index contributed by atoms with van der Waals surface area (Å²) in [6, 6.07) is 2.43. The molecule has 0 saturated carbocycles. The maximum atomic E-state index is 8.97. The van der Waals surface area contributed by atoms with E-state index in [0.29, 0.717) is 5.92 Å². The second kappa shape index (κ2) is 5.89. The summed E-state index contributed by atoms with van der Waals surface area (Å²) >= 11 is 0. The SMILES string of the molecule is N#CC1CCC=C(C2=CCCCCC2)CC1. The van der Waals surface area contributed by atoms with E-state index in [1.165, 1.54) is 32.1 Å². The average molecular weight is 215 g/mol. The maximum absolute atomic E-state index is 8.97. The van der Waals surface area contributed by atoms with Gasteiger partial charge in [-0.2, -0.15) is 5.26 Å². The van der Waals surface area contributed by atoms with E-state index in [9.17, 15) is 0 Å². The molecule has 0 spiro atoms. The molecule has 0 heterocycles. The first-order chi connectivity index (χ1) is 7.90. The minimum absolute atomic E-state index is 0.292. The molecule has 0 aromatic heterocycles. The fourth-order valence-corrected chi connectivity index (χ4v) is 2.76. The maximum Gasteiger partial charge on any atom is 0.0656 e. The van der Waals surface area contributed by atoms with E-state index in [2.05, 4.69) is 18.2 Å². The van der Waals surface area contributed by atoms with Crippen molar-refractivity contribution in [2.75, 3.05) is 0 Å². The van der Waals surface area contributed by atoms with E-state index >= 15 is 0 Å². The standard InChI is InChI=1S/C15H21N/c16-12-13-6-5-9-15(11-10-13)14-7-3-1-2-4-8-14/h7,9,13H,1-6,8,10-11H2. The molecule has 0 saturated heterocycles. The van der Waals surface area contributed by atoms with E-state index in [-0.39, 0.29) is 0 Å². The second-order valence-electron chi connectivity index (χ2n) is 5.00. The third-order valence-electron chi connectivity index (χ3n) is 3.80. The van der Waals surface area contributed by atoms with Gasteiger partial charge in [-0.15, -0.1) is 0 Å². The van der Waals surface area contributed by atoms with Crippen molar-refractivity contribution in [2.45, 2.75) is 57.8 Å². The van der Waals surface area contributed by atoms with Crippen molar-refractivity contribution >= 4 is 0 Å². The van der Waals surface area contributed by atoms with Crippen LogP contribution in [0, 0.1) is 17.2 Å².